The first-order valence-electron chi connectivity index (χ1n) is 5.79. The third kappa shape index (κ3) is 4.18. The molecule has 0 saturated carbocycles. The van der Waals surface area contributed by atoms with E-state index in [1.165, 1.54) is 0 Å². The molecule has 1 rings (SSSR count). The number of aliphatic hydroxyl groups is 1. The van der Waals surface area contributed by atoms with Crippen LogP contribution in [0.15, 0.2) is 30.3 Å². The Kier molecular flexibility index (Phi) is 5.87. The lowest BCUT2D eigenvalue weighted by Gasteiger charge is -2.13. The molecule has 0 aliphatic rings. The molecule has 0 aliphatic heterocycles. The number of rotatable bonds is 6. The Labute approximate surface area is 106 Å². The first-order chi connectivity index (χ1) is 8.69. The fraction of sp³-hybridized carbons (Fsp3) is 0.385. The monoisotopic (exact) mass is 251 g/mol. The molecule has 0 heterocycles. The Bertz CT molecular complexity index is 391. The van der Waals surface area contributed by atoms with Gasteiger partial charge in [-0.2, -0.15) is 0 Å². The third-order valence-electron chi connectivity index (χ3n) is 2.39. The van der Waals surface area contributed by atoms with Gasteiger partial charge in [0.25, 0.3) is 5.91 Å². The van der Waals surface area contributed by atoms with Gasteiger partial charge in [0.15, 0.2) is 0 Å². The summed E-state index contributed by atoms with van der Waals surface area (Å²) in [5.41, 5.74) is 0.512. The van der Waals surface area contributed by atoms with Crippen molar-refractivity contribution in [2.45, 2.75) is 6.92 Å². The van der Waals surface area contributed by atoms with Gasteiger partial charge in [0.05, 0.1) is 19.1 Å². The molecule has 0 aromatic heterocycles. The highest BCUT2D eigenvalue weighted by molar-refractivity contribution is 5.94. The predicted molar refractivity (Wildman–Crippen MR) is 66.0 cm³/mol. The highest BCUT2D eigenvalue weighted by Crippen LogP contribution is 2.01. The summed E-state index contributed by atoms with van der Waals surface area (Å²) in [6, 6.07) is 8.67. The van der Waals surface area contributed by atoms with Crippen LogP contribution in [-0.4, -0.2) is 36.7 Å². The number of hydrogen-bond donors (Lipinski definition) is 2. The fourth-order valence-corrected chi connectivity index (χ4v) is 1.39. The van der Waals surface area contributed by atoms with Crippen molar-refractivity contribution in [2.75, 3.05) is 19.8 Å². The van der Waals surface area contributed by atoms with Crippen LogP contribution >= 0.6 is 0 Å². The van der Waals surface area contributed by atoms with E-state index in [0.717, 1.165) is 0 Å². The van der Waals surface area contributed by atoms with Crippen molar-refractivity contribution in [2.24, 2.45) is 5.92 Å². The molecule has 1 amide bonds. The molecule has 0 bridgehead atoms. The second kappa shape index (κ2) is 7.45. The molecule has 1 unspecified atom stereocenters. The molecule has 1 aromatic rings. The Morgan fingerprint density at radius 1 is 1.33 bits per heavy atom. The molecule has 18 heavy (non-hydrogen) atoms. The van der Waals surface area contributed by atoms with Gasteiger partial charge < -0.3 is 15.2 Å². The molecule has 0 fully saturated rings. The standard InChI is InChI=1S/C13H17NO4/c1-2-18-13(17)11(9-15)8-14-12(16)10-6-4-3-5-7-10/h3-7,11,15H,2,8-9H2,1H3,(H,14,16). The van der Waals surface area contributed by atoms with Crippen LogP contribution in [0.3, 0.4) is 0 Å². The van der Waals surface area contributed by atoms with E-state index >= 15 is 0 Å². The van der Waals surface area contributed by atoms with E-state index in [9.17, 15) is 9.59 Å². The lowest BCUT2D eigenvalue weighted by molar-refractivity contribution is -0.149. The van der Waals surface area contributed by atoms with Gasteiger partial charge in [0.2, 0.25) is 0 Å². The Morgan fingerprint density at radius 3 is 2.56 bits per heavy atom. The van der Waals surface area contributed by atoms with Gasteiger partial charge in [-0.3, -0.25) is 9.59 Å². The number of esters is 1. The summed E-state index contributed by atoms with van der Waals surface area (Å²) in [6.07, 6.45) is 0. The van der Waals surface area contributed by atoms with E-state index in [0.29, 0.717) is 5.56 Å². The first kappa shape index (κ1) is 14.2. The molecule has 5 nitrogen and oxygen atoms in total. The van der Waals surface area contributed by atoms with Crippen molar-refractivity contribution in [3.8, 4) is 0 Å². The highest BCUT2D eigenvalue weighted by atomic mass is 16.5. The van der Waals surface area contributed by atoms with Crippen molar-refractivity contribution < 1.29 is 19.4 Å². The van der Waals surface area contributed by atoms with Crippen molar-refractivity contribution in [3.63, 3.8) is 0 Å². The maximum Gasteiger partial charge on any atom is 0.313 e. The van der Waals surface area contributed by atoms with Gasteiger partial charge >= 0.3 is 5.97 Å². The normalized spacial score (nSPS) is 11.7. The van der Waals surface area contributed by atoms with Gasteiger partial charge in [-0.1, -0.05) is 18.2 Å². The van der Waals surface area contributed by atoms with Crippen LogP contribution < -0.4 is 5.32 Å². The topological polar surface area (TPSA) is 75.6 Å². The Balaban J connectivity index is 2.48. The second-order valence-corrected chi connectivity index (χ2v) is 3.71. The fourth-order valence-electron chi connectivity index (χ4n) is 1.39. The van der Waals surface area contributed by atoms with E-state index in [4.69, 9.17) is 9.84 Å². The summed E-state index contributed by atoms with van der Waals surface area (Å²) in [6.45, 7) is 1.65. The van der Waals surface area contributed by atoms with Crippen LogP contribution in [0.4, 0.5) is 0 Å². The van der Waals surface area contributed by atoms with Crippen molar-refractivity contribution in [1.29, 1.82) is 0 Å². The van der Waals surface area contributed by atoms with Crippen molar-refractivity contribution in [3.05, 3.63) is 35.9 Å². The van der Waals surface area contributed by atoms with Crippen LogP contribution in [0.1, 0.15) is 17.3 Å². The summed E-state index contributed by atoms with van der Waals surface area (Å²) in [5, 5.41) is 11.6. The molecule has 0 spiro atoms. The number of aliphatic hydroxyl groups excluding tert-OH is 1. The van der Waals surface area contributed by atoms with Gasteiger partial charge in [-0.05, 0) is 19.1 Å². The van der Waals surface area contributed by atoms with Crippen molar-refractivity contribution in [1.82, 2.24) is 5.32 Å². The molecular formula is C13H17NO4. The molecule has 5 heteroatoms. The number of nitrogens with one attached hydrogen (secondary N) is 1. The minimum atomic E-state index is -0.724. The zero-order chi connectivity index (χ0) is 13.4. The highest BCUT2D eigenvalue weighted by Gasteiger charge is 2.19. The number of ether oxygens (including phenoxy) is 1. The summed E-state index contributed by atoms with van der Waals surface area (Å²) in [5.74, 6) is -1.51. The van der Waals surface area contributed by atoms with Gasteiger partial charge in [-0.15, -0.1) is 0 Å². The maximum absolute atomic E-state index is 11.7. The molecular weight excluding hydrogens is 234 g/mol. The van der Waals surface area contributed by atoms with E-state index in [1.54, 1.807) is 31.2 Å². The van der Waals surface area contributed by atoms with Crippen LogP contribution in [0.5, 0.6) is 0 Å². The number of hydrogen-bond acceptors (Lipinski definition) is 4. The molecule has 1 atom stereocenters. The lowest BCUT2D eigenvalue weighted by Crippen LogP contribution is -2.35. The summed E-state index contributed by atoms with van der Waals surface area (Å²) in [4.78, 5) is 23.1. The van der Waals surface area contributed by atoms with E-state index in [1.807, 2.05) is 6.07 Å². The zero-order valence-corrected chi connectivity index (χ0v) is 10.3. The number of benzene rings is 1. The van der Waals surface area contributed by atoms with Crippen LogP contribution in [0, 0.1) is 5.92 Å². The number of amides is 1. The Hall–Kier alpha value is -1.88. The third-order valence-corrected chi connectivity index (χ3v) is 2.39. The average Bonchev–Trinajstić information content (AvgIpc) is 2.40. The van der Waals surface area contributed by atoms with E-state index in [2.05, 4.69) is 5.32 Å². The van der Waals surface area contributed by atoms with E-state index in [-0.39, 0.29) is 25.7 Å². The van der Waals surface area contributed by atoms with Crippen molar-refractivity contribution >= 4 is 11.9 Å². The zero-order valence-electron chi connectivity index (χ0n) is 10.3. The number of carbonyl (C=O) groups excluding carboxylic acids is 2. The average molecular weight is 251 g/mol. The number of carbonyl (C=O) groups is 2. The summed E-state index contributed by atoms with van der Waals surface area (Å²) >= 11 is 0. The molecule has 0 aliphatic carbocycles. The quantitative estimate of drug-likeness (QED) is 0.725. The second-order valence-electron chi connectivity index (χ2n) is 3.71. The minimum absolute atomic E-state index is 0.0586. The lowest BCUT2D eigenvalue weighted by atomic mass is 10.1. The van der Waals surface area contributed by atoms with Gasteiger partial charge in [0, 0.05) is 12.1 Å². The molecule has 98 valence electrons. The Morgan fingerprint density at radius 2 is 2.00 bits per heavy atom. The molecule has 2 N–H and O–H groups in total. The van der Waals surface area contributed by atoms with Crippen LogP contribution in [-0.2, 0) is 9.53 Å². The summed E-state index contributed by atoms with van der Waals surface area (Å²) in [7, 11) is 0. The minimum Gasteiger partial charge on any atom is -0.466 e. The molecule has 1 aromatic carbocycles. The van der Waals surface area contributed by atoms with Crippen LogP contribution in [0.25, 0.3) is 0 Å². The first-order valence-corrected chi connectivity index (χ1v) is 5.79. The smallest absolute Gasteiger partial charge is 0.313 e. The van der Waals surface area contributed by atoms with Gasteiger partial charge in [0.1, 0.15) is 0 Å². The summed E-state index contributed by atoms with van der Waals surface area (Å²) < 4.78 is 4.78. The predicted octanol–water partition coefficient (Wildman–Crippen LogP) is 0.588. The van der Waals surface area contributed by atoms with Crippen LogP contribution in [0.2, 0.25) is 0 Å². The SMILES string of the molecule is CCOC(=O)C(CO)CNC(=O)c1ccccc1. The van der Waals surface area contributed by atoms with Gasteiger partial charge in [-0.25, -0.2) is 0 Å². The molecule has 0 saturated heterocycles. The molecule has 0 radical (unpaired) electrons. The van der Waals surface area contributed by atoms with E-state index < -0.39 is 11.9 Å². The largest absolute Gasteiger partial charge is 0.466 e. The maximum atomic E-state index is 11.7.